The highest BCUT2D eigenvalue weighted by Crippen LogP contribution is 2.28. The molecule has 104 valence electrons. The fraction of sp³-hybridized carbons (Fsp3) is 0.938. The van der Waals surface area contributed by atoms with Crippen LogP contribution in [0.25, 0.3) is 0 Å². The van der Waals surface area contributed by atoms with Crippen LogP contribution >= 0.6 is 0 Å². The van der Waals surface area contributed by atoms with Gasteiger partial charge in [-0.25, -0.2) is 0 Å². The summed E-state index contributed by atoms with van der Waals surface area (Å²) in [4.78, 5) is 0. The first-order valence-electron chi connectivity index (χ1n) is 7.67. The molecule has 2 nitrogen and oxygen atoms in total. The van der Waals surface area contributed by atoms with Crippen LogP contribution in [0.3, 0.4) is 0 Å². The smallest absolute Gasteiger partial charge is 0.0683 e. The van der Waals surface area contributed by atoms with Crippen molar-refractivity contribution in [3.8, 4) is 6.07 Å². The van der Waals surface area contributed by atoms with Gasteiger partial charge in [-0.05, 0) is 58.0 Å². The van der Waals surface area contributed by atoms with Gasteiger partial charge in [0.1, 0.15) is 0 Å². The first kappa shape index (κ1) is 15.5. The third-order valence-corrected chi connectivity index (χ3v) is 4.40. The van der Waals surface area contributed by atoms with Gasteiger partial charge >= 0.3 is 0 Å². The van der Waals surface area contributed by atoms with E-state index in [4.69, 9.17) is 5.26 Å². The maximum atomic E-state index is 8.93. The van der Waals surface area contributed by atoms with Crippen LogP contribution in [0, 0.1) is 28.6 Å². The molecule has 0 amide bonds. The molecule has 0 spiro atoms. The van der Waals surface area contributed by atoms with Crippen molar-refractivity contribution in [2.45, 2.75) is 65.7 Å². The minimum absolute atomic E-state index is 0.141. The predicted molar refractivity (Wildman–Crippen MR) is 77.2 cm³/mol. The first-order valence-corrected chi connectivity index (χ1v) is 7.67. The van der Waals surface area contributed by atoms with Crippen LogP contribution in [0.1, 0.15) is 65.7 Å². The normalized spacial score (nSPS) is 24.8. The average molecular weight is 250 g/mol. The Kier molecular flexibility index (Phi) is 6.71. The summed E-state index contributed by atoms with van der Waals surface area (Å²) in [7, 11) is 0. The molecule has 0 radical (unpaired) electrons. The second-order valence-corrected chi connectivity index (χ2v) is 6.68. The van der Waals surface area contributed by atoms with Gasteiger partial charge in [0, 0.05) is 0 Å². The first-order chi connectivity index (χ1) is 8.55. The van der Waals surface area contributed by atoms with Crippen LogP contribution in [0.2, 0.25) is 0 Å². The van der Waals surface area contributed by atoms with Crippen molar-refractivity contribution in [2.24, 2.45) is 17.3 Å². The SMILES string of the molecule is CC1CCCCC1CNCCCCC(C)(C)C#N. The van der Waals surface area contributed by atoms with Gasteiger partial charge < -0.3 is 5.32 Å². The largest absolute Gasteiger partial charge is 0.316 e. The minimum atomic E-state index is -0.141. The van der Waals surface area contributed by atoms with Crippen molar-refractivity contribution in [3.63, 3.8) is 0 Å². The molecule has 0 aromatic carbocycles. The van der Waals surface area contributed by atoms with E-state index in [2.05, 4.69) is 18.3 Å². The van der Waals surface area contributed by atoms with Gasteiger partial charge in [0.2, 0.25) is 0 Å². The van der Waals surface area contributed by atoms with Crippen LogP contribution in [0.5, 0.6) is 0 Å². The van der Waals surface area contributed by atoms with Crippen LogP contribution in [-0.4, -0.2) is 13.1 Å². The van der Waals surface area contributed by atoms with Gasteiger partial charge in [0.25, 0.3) is 0 Å². The molecule has 1 fully saturated rings. The van der Waals surface area contributed by atoms with Gasteiger partial charge in [-0.1, -0.05) is 32.6 Å². The van der Waals surface area contributed by atoms with E-state index in [0.29, 0.717) is 0 Å². The number of hydrogen-bond acceptors (Lipinski definition) is 2. The van der Waals surface area contributed by atoms with Crippen LogP contribution in [0.4, 0.5) is 0 Å². The van der Waals surface area contributed by atoms with Crippen molar-refractivity contribution < 1.29 is 0 Å². The summed E-state index contributed by atoms with van der Waals surface area (Å²) in [5.74, 6) is 1.80. The lowest BCUT2D eigenvalue weighted by Crippen LogP contribution is -2.30. The van der Waals surface area contributed by atoms with Gasteiger partial charge in [-0.15, -0.1) is 0 Å². The Morgan fingerprint density at radius 1 is 1.22 bits per heavy atom. The molecule has 2 unspecified atom stereocenters. The Hall–Kier alpha value is -0.550. The third-order valence-electron chi connectivity index (χ3n) is 4.40. The zero-order chi connectivity index (χ0) is 13.4. The fourth-order valence-electron chi connectivity index (χ4n) is 2.86. The Labute approximate surface area is 113 Å². The quantitative estimate of drug-likeness (QED) is 0.690. The maximum Gasteiger partial charge on any atom is 0.0683 e. The van der Waals surface area contributed by atoms with Gasteiger partial charge in [0.15, 0.2) is 0 Å². The standard InChI is InChI=1S/C16H30N2/c1-14-8-4-5-9-15(14)12-18-11-7-6-10-16(2,3)13-17/h14-15,18H,4-12H2,1-3H3. The summed E-state index contributed by atoms with van der Waals surface area (Å²) in [5.41, 5.74) is -0.141. The number of rotatable bonds is 7. The lowest BCUT2D eigenvalue weighted by Gasteiger charge is -2.29. The molecule has 0 aromatic heterocycles. The van der Waals surface area contributed by atoms with Gasteiger partial charge in [-0.3, -0.25) is 0 Å². The molecule has 0 saturated heterocycles. The molecular weight excluding hydrogens is 220 g/mol. The zero-order valence-electron chi connectivity index (χ0n) is 12.5. The Bertz CT molecular complexity index is 265. The monoisotopic (exact) mass is 250 g/mol. The summed E-state index contributed by atoms with van der Waals surface area (Å²) in [5, 5.41) is 12.5. The number of nitrogens with one attached hydrogen (secondary N) is 1. The Balaban J connectivity index is 2.00. The molecule has 1 aliphatic rings. The molecular formula is C16H30N2. The zero-order valence-corrected chi connectivity index (χ0v) is 12.5. The molecule has 0 aliphatic heterocycles. The Morgan fingerprint density at radius 3 is 2.61 bits per heavy atom. The van der Waals surface area contributed by atoms with E-state index in [1.165, 1.54) is 38.6 Å². The molecule has 0 heterocycles. The van der Waals surface area contributed by atoms with E-state index < -0.39 is 0 Å². The summed E-state index contributed by atoms with van der Waals surface area (Å²) in [6, 6.07) is 2.37. The van der Waals surface area contributed by atoms with Crippen LogP contribution in [-0.2, 0) is 0 Å². The topological polar surface area (TPSA) is 35.8 Å². The second-order valence-electron chi connectivity index (χ2n) is 6.68. The molecule has 1 aliphatic carbocycles. The van der Waals surface area contributed by atoms with E-state index in [0.717, 1.165) is 31.2 Å². The summed E-state index contributed by atoms with van der Waals surface area (Å²) in [6.45, 7) is 8.78. The molecule has 1 saturated carbocycles. The van der Waals surface area contributed by atoms with E-state index in [1.807, 2.05) is 13.8 Å². The molecule has 1 rings (SSSR count). The Morgan fingerprint density at radius 2 is 1.94 bits per heavy atom. The molecule has 18 heavy (non-hydrogen) atoms. The van der Waals surface area contributed by atoms with Crippen LogP contribution in [0.15, 0.2) is 0 Å². The lowest BCUT2D eigenvalue weighted by molar-refractivity contribution is 0.247. The third kappa shape index (κ3) is 5.87. The van der Waals surface area contributed by atoms with Crippen molar-refractivity contribution in [3.05, 3.63) is 0 Å². The number of nitrogens with zero attached hydrogens (tertiary/aromatic N) is 1. The van der Waals surface area contributed by atoms with Crippen molar-refractivity contribution in [1.82, 2.24) is 5.32 Å². The fourth-order valence-corrected chi connectivity index (χ4v) is 2.86. The van der Waals surface area contributed by atoms with Gasteiger partial charge in [0.05, 0.1) is 11.5 Å². The number of unbranched alkanes of at least 4 members (excludes halogenated alkanes) is 1. The lowest BCUT2D eigenvalue weighted by atomic mass is 9.80. The molecule has 1 N–H and O–H groups in total. The highest BCUT2D eigenvalue weighted by atomic mass is 14.9. The highest BCUT2D eigenvalue weighted by molar-refractivity contribution is 4.91. The molecule has 0 aromatic rings. The molecule has 2 heteroatoms. The van der Waals surface area contributed by atoms with Gasteiger partial charge in [-0.2, -0.15) is 5.26 Å². The van der Waals surface area contributed by atoms with Crippen molar-refractivity contribution in [1.29, 1.82) is 5.26 Å². The van der Waals surface area contributed by atoms with E-state index in [9.17, 15) is 0 Å². The second kappa shape index (κ2) is 7.79. The molecule has 2 atom stereocenters. The maximum absolute atomic E-state index is 8.93. The van der Waals surface area contributed by atoms with Crippen LogP contribution < -0.4 is 5.32 Å². The minimum Gasteiger partial charge on any atom is -0.316 e. The summed E-state index contributed by atoms with van der Waals surface area (Å²) >= 11 is 0. The van der Waals surface area contributed by atoms with Crippen molar-refractivity contribution >= 4 is 0 Å². The van der Waals surface area contributed by atoms with Crippen molar-refractivity contribution in [2.75, 3.05) is 13.1 Å². The summed E-state index contributed by atoms with van der Waals surface area (Å²) in [6.07, 6.45) is 9.07. The summed E-state index contributed by atoms with van der Waals surface area (Å²) < 4.78 is 0. The molecule has 0 bridgehead atoms. The number of nitriles is 1. The van der Waals surface area contributed by atoms with E-state index >= 15 is 0 Å². The van der Waals surface area contributed by atoms with E-state index in [1.54, 1.807) is 0 Å². The highest BCUT2D eigenvalue weighted by Gasteiger charge is 2.20. The predicted octanol–water partition coefficient (Wildman–Crippen LogP) is 4.12. The van der Waals surface area contributed by atoms with E-state index in [-0.39, 0.29) is 5.41 Å². The average Bonchev–Trinajstić information content (AvgIpc) is 2.35. The number of hydrogen-bond donors (Lipinski definition) is 1.